The molecule has 3 unspecified atom stereocenters. The number of rotatable bonds is 77. The number of hydrogen-bond donors (Lipinski definition) is 3. The quantitative estimate of drug-likeness (QED) is 0.0222. The molecule has 0 aromatic carbocycles. The highest BCUT2D eigenvalue weighted by Crippen LogP contribution is 2.45. The molecule has 0 radical (unpaired) electrons. The maximum Gasteiger partial charge on any atom is 0.472 e. The van der Waals surface area contributed by atoms with Crippen LogP contribution in [0.25, 0.3) is 0 Å². The van der Waals surface area contributed by atoms with E-state index in [0.717, 1.165) is 108 Å². The third-order valence-corrected chi connectivity index (χ3v) is 20.6. The van der Waals surface area contributed by atoms with Gasteiger partial charge in [-0.05, 0) is 43.4 Å². The summed E-state index contributed by atoms with van der Waals surface area (Å²) in [6.07, 6.45) is 57.0. The minimum Gasteiger partial charge on any atom is -0.462 e. The topological polar surface area (TPSA) is 237 Å². The first-order valence-corrected chi connectivity index (χ1v) is 43.9. The number of carbonyl (C=O) groups excluding carboxylic acids is 4. The predicted octanol–water partition coefficient (Wildman–Crippen LogP) is 23.4. The van der Waals surface area contributed by atoms with E-state index in [1.807, 2.05) is 0 Å². The van der Waals surface area contributed by atoms with E-state index in [2.05, 4.69) is 48.5 Å². The Hall–Kier alpha value is -1.94. The molecule has 98 heavy (non-hydrogen) atoms. The fourth-order valence-corrected chi connectivity index (χ4v) is 13.7. The van der Waals surface area contributed by atoms with Gasteiger partial charge < -0.3 is 33.8 Å². The summed E-state index contributed by atoms with van der Waals surface area (Å²) < 4.78 is 68.6. The summed E-state index contributed by atoms with van der Waals surface area (Å²) in [5.74, 6) is 0.224. The summed E-state index contributed by atoms with van der Waals surface area (Å²) in [5, 5.41) is 10.6. The lowest BCUT2D eigenvalue weighted by atomic mass is 9.99. The SMILES string of the molecule is CCCCCCCCCCCCCCC(=O)O[C@H](COC(=O)CCCCCCCCC(C)C)COP(=O)(O)OC[C@H](O)COP(=O)(O)OC[C@@H](COC(=O)CCCCCCCCCCCCCCCCC(C)CC)OC(=O)CCCCCCCCCCCCCCCCCCC(C)C. The van der Waals surface area contributed by atoms with E-state index in [9.17, 15) is 43.2 Å². The number of aliphatic hydroxyl groups is 1. The second kappa shape index (κ2) is 69.4. The average molecular weight is 1440 g/mol. The lowest BCUT2D eigenvalue weighted by Crippen LogP contribution is -2.30. The number of phosphoric acid groups is 2. The Kier molecular flexibility index (Phi) is 68.1. The molecule has 0 rings (SSSR count). The molecular weight excluding hydrogens is 1280 g/mol. The minimum atomic E-state index is -4.96. The smallest absolute Gasteiger partial charge is 0.462 e. The van der Waals surface area contributed by atoms with E-state index >= 15 is 0 Å². The van der Waals surface area contributed by atoms with Crippen LogP contribution in [-0.2, 0) is 65.4 Å². The maximum atomic E-state index is 13.1. The molecule has 0 bridgehead atoms. The second-order valence-electron chi connectivity index (χ2n) is 29.6. The van der Waals surface area contributed by atoms with E-state index in [1.165, 1.54) is 212 Å². The standard InChI is InChI=1S/C79H154O17P2/c1-8-10-11-12-13-14-15-28-34-39-48-55-62-78(83)96-75(67-90-77(82)61-54-47-42-41-44-51-58-71(5)6)69-94-98(87,88)92-65-73(80)64-91-97(85,86)93-68-74(66-89-76(81)60-53-46-38-33-29-24-21-20-23-27-32-37-45-52-59-72(7)9-2)95-79(84)63-56-49-40-35-30-25-19-17-16-18-22-26-31-36-43-50-57-70(3)4/h70-75,80H,8-69H2,1-7H3,(H,85,86)(H,87,88)/t72?,73-,74-,75-/m1/s1. The van der Waals surface area contributed by atoms with Crippen molar-refractivity contribution in [3.8, 4) is 0 Å². The minimum absolute atomic E-state index is 0.106. The van der Waals surface area contributed by atoms with Gasteiger partial charge in [0.2, 0.25) is 0 Å². The van der Waals surface area contributed by atoms with E-state index in [1.54, 1.807) is 0 Å². The van der Waals surface area contributed by atoms with Gasteiger partial charge >= 0.3 is 39.5 Å². The molecule has 0 aromatic rings. The number of phosphoric ester groups is 2. The van der Waals surface area contributed by atoms with Crippen molar-refractivity contribution in [1.29, 1.82) is 0 Å². The third-order valence-electron chi connectivity index (χ3n) is 18.7. The molecule has 0 heterocycles. The van der Waals surface area contributed by atoms with Gasteiger partial charge in [0.05, 0.1) is 26.4 Å². The van der Waals surface area contributed by atoms with Crippen molar-refractivity contribution in [3.05, 3.63) is 0 Å². The van der Waals surface area contributed by atoms with Crippen LogP contribution >= 0.6 is 15.6 Å². The Labute approximate surface area is 600 Å². The average Bonchev–Trinajstić information content (AvgIpc) is 1.63. The Morgan fingerprint density at radius 2 is 0.520 bits per heavy atom. The molecule has 17 nitrogen and oxygen atoms in total. The molecule has 0 saturated heterocycles. The van der Waals surface area contributed by atoms with E-state index in [-0.39, 0.29) is 25.7 Å². The van der Waals surface area contributed by atoms with Gasteiger partial charge in [-0.1, -0.05) is 357 Å². The van der Waals surface area contributed by atoms with Crippen LogP contribution in [0.2, 0.25) is 0 Å². The van der Waals surface area contributed by atoms with Crippen molar-refractivity contribution < 1.29 is 80.2 Å². The predicted molar refractivity (Wildman–Crippen MR) is 400 cm³/mol. The molecule has 0 aliphatic carbocycles. The number of esters is 4. The zero-order valence-corrected chi connectivity index (χ0v) is 66.0. The summed E-state index contributed by atoms with van der Waals surface area (Å²) in [4.78, 5) is 72.9. The Morgan fingerprint density at radius 1 is 0.296 bits per heavy atom. The van der Waals surface area contributed by atoms with E-state index < -0.39 is 97.5 Å². The van der Waals surface area contributed by atoms with Crippen molar-refractivity contribution >= 4 is 39.5 Å². The van der Waals surface area contributed by atoms with Gasteiger partial charge in [0.15, 0.2) is 12.2 Å². The zero-order valence-electron chi connectivity index (χ0n) is 64.3. The van der Waals surface area contributed by atoms with Crippen LogP contribution in [0.3, 0.4) is 0 Å². The highest BCUT2D eigenvalue weighted by atomic mass is 31.2. The number of ether oxygens (including phenoxy) is 4. The zero-order chi connectivity index (χ0) is 72.3. The molecule has 6 atom stereocenters. The first-order valence-electron chi connectivity index (χ1n) is 40.9. The maximum absolute atomic E-state index is 13.1. The number of unbranched alkanes of at least 4 members (excludes halogenated alkanes) is 44. The van der Waals surface area contributed by atoms with Crippen molar-refractivity contribution in [2.24, 2.45) is 17.8 Å². The van der Waals surface area contributed by atoms with Gasteiger partial charge in [-0.3, -0.25) is 37.3 Å². The summed E-state index contributed by atoms with van der Waals surface area (Å²) in [6, 6.07) is 0. The molecule has 0 fully saturated rings. The number of aliphatic hydroxyl groups excluding tert-OH is 1. The Morgan fingerprint density at radius 3 is 0.776 bits per heavy atom. The molecule has 3 N–H and O–H groups in total. The van der Waals surface area contributed by atoms with Crippen molar-refractivity contribution in [2.45, 2.75) is 426 Å². The summed E-state index contributed by atoms with van der Waals surface area (Å²) in [6.45, 7) is 11.9. The first kappa shape index (κ1) is 96.1. The molecule has 0 aliphatic heterocycles. The number of hydrogen-bond acceptors (Lipinski definition) is 15. The molecular formula is C79H154O17P2. The number of carbonyl (C=O) groups is 4. The molecule has 582 valence electrons. The lowest BCUT2D eigenvalue weighted by molar-refractivity contribution is -0.161. The van der Waals surface area contributed by atoms with Crippen LogP contribution < -0.4 is 0 Å². The van der Waals surface area contributed by atoms with Gasteiger partial charge in [0.1, 0.15) is 19.3 Å². The Balaban J connectivity index is 5.22. The van der Waals surface area contributed by atoms with Crippen molar-refractivity contribution in [3.63, 3.8) is 0 Å². The Bertz CT molecular complexity index is 1910. The van der Waals surface area contributed by atoms with Gasteiger partial charge in [-0.25, -0.2) is 9.13 Å². The van der Waals surface area contributed by atoms with Crippen molar-refractivity contribution in [2.75, 3.05) is 39.6 Å². The molecule has 0 spiro atoms. The highest BCUT2D eigenvalue weighted by molar-refractivity contribution is 7.47. The molecule has 0 saturated carbocycles. The van der Waals surface area contributed by atoms with Crippen LogP contribution in [0.5, 0.6) is 0 Å². The van der Waals surface area contributed by atoms with Gasteiger partial charge in [-0.15, -0.1) is 0 Å². The second-order valence-corrected chi connectivity index (χ2v) is 32.6. The van der Waals surface area contributed by atoms with Gasteiger partial charge in [0, 0.05) is 25.7 Å². The monoisotopic (exact) mass is 1440 g/mol. The summed E-state index contributed by atoms with van der Waals surface area (Å²) >= 11 is 0. The lowest BCUT2D eigenvalue weighted by Gasteiger charge is -2.21. The van der Waals surface area contributed by atoms with E-state index in [4.69, 9.17) is 37.0 Å². The fraction of sp³-hybridized carbons (Fsp3) is 0.949. The summed E-state index contributed by atoms with van der Waals surface area (Å²) in [7, 11) is -9.91. The molecule has 0 aromatic heterocycles. The van der Waals surface area contributed by atoms with Crippen LogP contribution in [-0.4, -0.2) is 96.7 Å². The molecule has 0 amide bonds. The summed E-state index contributed by atoms with van der Waals surface area (Å²) in [5.41, 5.74) is 0. The molecule has 0 aliphatic rings. The van der Waals surface area contributed by atoms with Crippen molar-refractivity contribution in [1.82, 2.24) is 0 Å². The third kappa shape index (κ3) is 71.1. The van der Waals surface area contributed by atoms with E-state index in [0.29, 0.717) is 31.6 Å². The largest absolute Gasteiger partial charge is 0.472 e. The van der Waals surface area contributed by atoms with Crippen LogP contribution in [0, 0.1) is 17.8 Å². The fourth-order valence-electron chi connectivity index (χ4n) is 12.1. The molecule has 19 heteroatoms. The van der Waals surface area contributed by atoms with Crippen LogP contribution in [0.15, 0.2) is 0 Å². The highest BCUT2D eigenvalue weighted by Gasteiger charge is 2.30. The first-order chi connectivity index (χ1) is 47.3. The normalized spacial score (nSPS) is 14.3. The van der Waals surface area contributed by atoms with Gasteiger partial charge in [0.25, 0.3) is 0 Å². The van der Waals surface area contributed by atoms with Gasteiger partial charge in [-0.2, -0.15) is 0 Å². The van der Waals surface area contributed by atoms with Crippen LogP contribution in [0.1, 0.15) is 408 Å². The van der Waals surface area contributed by atoms with Crippen LogP contribution in [0.4, 0.5) is 0 Å².